The summed E-state index contributed by atoms with van der Waals surface area (Å²) in [6.45, 7) is 8.04. The van der Waals surface area contributed by atoms with Gasteiger partial charge < -0.3 is 30.1 Å². The van der Waals surface area contributed by atoms with Crippen molar-refractivity contribution in [1.82, 2.24) is 20.4 Å². The van der Waals surface area contributed by atoms with E-state index in [-0.39, 0.29) is 55.0 Å². The van der Waals surface area contributed by atoms with Crippen molar-refractivity contribution in [2.45, 2.75) is 77.7 Å². The van der Waals surface area contributed by atoms with Gasteiger partial charge in [-0.2, -0.15) is 0 Å². The van der Waals surface area contributed by atoms with Gasteiger partial charge in [0.2, 0.25) is 11.8 Å². The largest absolute Gasteiger partial charge is 0.445 e. The van der Waals surface area contributed by atoms with Gasteiger partial charge in [0, 0.05) is 31.9 Å². The zero-order valence-corrected chi connectivity index (χ0v) is 27.7. The first-order valence-corrected chi connectivity index (χ1v) is 16.0. The number of ketones is 1. The number of benzene rings is 2. The zero-order chi connectivity index (χ0) is 33.5. The van der Waals surface area contributed by atoms with Gasteiger partial charge in [-0.15, -0.1) is 0 Å². The van der Waals surface area contributed by atoms with Crippen LogP contribution in [0.1, 0.15) is 62.9 Å². The van der Waals surface area contributed by atoms with Crippen molar-refractivity contribution in [1.29, 1.82) is 0 Å². The molecule has 0 spiro atoms. The second kappa shape index (κ2) is 15.2. The number of carbonyl (C=O) groups is 5. The Morgan fingerprint density at radius 1 is 0.848 bits per heavy atom. The third-order valence-corrected chi connectivity index (χ3v) is 8.46. The second-order valence-corrected chi connectivity index (χ2v) is 13.3. The molecule has 0 saturated carbocycles. The van der Waals surface area contributed by atoms with Crippen LogP contribution >= 0.6 is 0 Å². The number of rotatable bonds is 12. The van der Waals surface area contributed by atoms with Gasteiger partial charge in [-0.3, -0.25) is 19.2 Å². The van der Waals surface area contributed by atoms with Gasteiger partial charge >= 0.3 is 6.09 Å². The molecule has 4 atom stereocenters. The number of hydrogen-bond acceptors (Lipinski definition) is 7. The summed E-state index contributed by atoms with van der Waals surface area (Å²) < 4.78 is 5.37. The molecule has 0 bridgehead atoms. The van der Waals surface area contributed by atoms with E-state index in [1.807, 2.05) is 89.2 Å². The number of amides is 4. The van der Waals surface area contributed by atoms with Crippen LogP contribution in [-0.2, 0) is 25.7 Å². The van der Waals surface area contributed by atoms with Crippen LogP contribution in [0.4, 0.5) is 10.5 Å². The summed E-state index contributed by atoms with van der Waals surface area (Å²) >= 11 is 0. The first-order chi connectivity index (χ1) is 21.8. The van der Waals surface area contributed by atoms with E-state index in [0.717, 1.165) is 11.3 Å². The fourth-order valence-corrected chi connectivity index (χ4v) is 6.20. The Kier molecular flexibility index (Phi) is 11.4. The molecule has 4 amide bonds. The molecule has 0 aromatic heterocycles. The van der Waals surface area contributed by atoms with E-state index in [0.29, 0.717) is 24.8 Å². The SMILES string of the molecule is CC(C)CC(NC(=O)OCc1ccccc1)C(=O)N1CC(=O)[C@@H]2C1CCN2C(=O)C(CC(C)C)NC(=O)c1ccc(N(C)C)cc1. The second-order valence-electron chi connectivity index (χ2n) is 13.3. The van der Waals surface area contributed by atoms with Crippen molar-refractivity contribution in [2.75, 3.05) is 32.1 Å². The third kappa shape index (κ3) is 8.44. The number of Topliss-reactive ketones (excluding diaryl/α,β-unsaturated/α-hetero) is 1. The fraction of sp³-hybridized carbons (Fsp3) is 0.514. The number of nitrogens with zero attached hydrogens (tertiary/aromatic N) is 3. The Morgan fingerprint density at radius 3 is 2.02 bits per heavy atom. The number of nitrogens with one attached hydrogen (secondary N) is 2. The van der Waals surface area contributed by atoms with E-state index in [2.05, 4.69) is 10.6 Å². The lowest BCUT2D eigenvalue weighted by Gasteiger charge is -2.30. The highest BCUT2D eigenvalue weighted by Crippen LogP contribution is 2.32. The molecule has 2 N–H and O–H groups in total. The zero-order valence-electron chi connectivity index (χ0n) is 27.7. The average molecular weight is 634 g/mol. The quantitative estimate of drug-likeness (QED) is 0.366. The topological polar surface area (TPSA) is 128 Å². The Morgan fingerprint density at radius 2 is 1.43 bits per heavy atom. The first kappa shape index (κ1) is 34.5. The number of ether oxygens (including phenoxy) is 1. The molecule has 2 aromatic carbocycles. The van der Waals surface area contributed by atoms with Gasteiger partial charge in [-0.05, 0) is 60.9 Å². The van der Waals surface area contributed by atoms with E-state index in [1.165, 1.54) is 9.80 Å². The minimum absolute atomic E-state index is 0.0642. The van der Waals surface area contributed by atoms with Crippen molar-refractivity contribution in [2.24, 2.45) is 11.8 Å². The van der Waals surface area contributed by atoms with Gasteiger partial charge in [0.05, 0.1) is 12.6 Å². The summed E-state index contributed by atoms with van der Waals surface area (Å²) in [6, 6.07) is 13.4. The summed E-state index contributed by atoms with van der Waals surface area (Å²) in [5.41, 5.74) is 2.21. The molecule has 2 heterocycles. The maximum absolute atomic E-state index is 13.9. The summed E-state index contributed by atoms with van der Waals surface area (Å²) in [5, 5.41) is 5.62. The number of fused-ring (bicyclic) bond motifs is 1. The maximum atomic E-state index is 13.9. The molecule has 2 aromatic rings. The molecule has 3 unspecified atom stereocenters. The molecule has 248 valence electrons. The van der Waals surface area contributed by atoms with Crippen LogP contribution in [0.25, 0.3) is 0 Å². The molecular weight excluding hydrogens is 586 g/mol. The van der Waals surface area contributed by atoms with Crippen molar-refractivity contribution < 1.29 is 28.7 Å². The number of carbonyl (C=O) groups excluding carboxylic acids is 5. The Hall–Kier alpha value is -4.41. The van der Waals surface area contributed by atoms with Crippen LogP contribution in [0.5, 0.6) is 0 Å². The highest BCUT2D eigenvalue weighted by Gasteiger charge is 2.53. The molecule has 0 aliphatic carbocycles. The van der Waals surface area contributed by atoms with E-state index >= 15 is 0 Å². The molecule has 4 rings (SSSR count). The van der Waals surface area contributed by atoms with Crippen molar-refractivity contribution in [3.63, 3.8) is 0 Å². The van der Waals surface area contributed by atoms with Crippen molar-refractivity contribution in [3.8, 4) is 0 Å². The number of likely N-dealkylation sites (tertiary alicyclic amines) is 2. The molecule has 2 fully saturated rings. The van der Waals surface area contributed by atoms with E-state index < -0.39 is 30.3 Å². The number of alkyl carbamates (subject to hydrolysis) is 1. The smallest absolute Gasteiger partial charge is 0.408 e. The van der Waals surface area contributed by atoms with Gasteiger partial charge in [0.25, 0.3) is 5.91 Å². The molecule has 11 nitrogen and oxygen atoms in total. The number of anilines is 1. The predicted molar refractivity (Wildman–Crippen MR) is 175 cm³/mol. The van der Waals surface area contributed by atoms with Gasteiger partial charge in [0.15, 0.2) is 5.78 Å². The monoisotopic (exact) mass is 633 g/mol. The van der Waals surface area contributed by atoms with E-state index in [1.54, 1.807) is 12.1 Å². The van der Waals surface area contributed by atoms with Crippen LogP contribution in [-0.4, -0.2) is 90.8 Å². The summed E-state index contributed by atoms with van der Waals surface area (Å²) in [5.74, 6) is -1.11. The van der Waals surface area contributed by atoms with Gasteiger partial charge in [-0.25, -0.2) is 4.79 Å². The third-order valence-electron chi connectivity index (χ3n) is 8.46. The Bertz CT molecular complexity index is 1390. The van der Waals surface area contributed by atoms with Crippen LogP contribution in [0, 0.1) is 11.8 Å². The minimum atomic E-state index is -0.883. The molecule has 46 heavy (non-hydrogen) atoms. The molecule has 0 radical (unpaired) electrons. The lowest BCUT2D eigenvalue weighted by atomic mass is 10.0. The standard InChI is InChI=1S/C35H47N5O6/c1-22(2)18-27(36-32(42)25-12-14-26(15-13-25)38(5)6)33(43)39-17-16-29-31(39)30(41)20-40(29)34(44)28(19-23(3)4)37-35(45)46-21-24-10-8-7-9-11-24/h7-15,22-23,27-29,31H,16-21H2,1-6H3,(H,36,42)(H,37,45)/t27?,28?,29?,31-/m0/s1. The van der Waals surface area contributed by atoms with Crippen molar-refractivity contribution >= 4 is 35.3 Å². The molecule has 2 aliphatic rings. The van der Waals surface area contributed by atoms with Gasteiger partial charge in [0.1, 0.15) is 24.7 Å². The summed E-state index contributed by atoms with van der Waals surface area (Å²) in [4.78, 5) is 72.0. The predicted octanol–water partition coefficient (Wildman–Crippen LogP) is 3.62. The van der Waals surface area contributed by atoms with Crippen LogP contribution in [0.15, 0.2) is 54.6 Å². The van der Waals surface area contributed by atoms with E-state index in [4.69, 9.17) is 4.74 Å². The first-order valence-electron chi connectivity index (χ1n) is 16.0. The Labute approximate surface area is 271 Å². The number of hydrogen-bond donors (Lipinski definition) is 2. The molecule has 2 saturated heterocycles. The fourth-order valence-electron chi connectivity index (χ4n) is 6.20. The van der Waals surface area contributed by atoms with Crippen LogP contribution in [0.2, 0.25) is 0 Å². The lowest BCUT2D eigenvalue weighted by Crippen LogP contribution is -2.53. The Balaban J connectivity index is 1.44. The maximum Gasteiger partial charge on any atom is 0.408 e. The average Bonchev–Trinajstić information content (AvgIpc) is 3.60. The molecular formula is C35H47N5O6. The highest BCUT2D eigenvalue weighted by molar-refractivity contribution is 6.01. The van der Waals surface area contributed by atoms with Gasteiger partial charge in [-0.1, -0.05) is 58.0 Å². The summed E-state index contributed by atoms with van der Waals surface area (Å²) in [6.07, 6.45) is 0.477. The minimum Gasteiger partial charge on any atom is -0.445 e. The highest BCUT2D eigenvalue weighted by atomic mass is 16.5. The van der Waals surface area contributed by atoms with Crippen LogP contribution in [0.3, 0.4) is 0 Å². The van der Waals surface area contributed by atoms with Crippen LogP contribution < -0.4 is 15.5 Å². The molecule has 11 heteroatoms. The summed E-state index contributed by atoms with van der Waals surface area (Å²) in [7, 11) is 3.83. The van der Waals surface area contributed by atoms with Crippen molar-refractivity contribution in [3.05, 3.63) is 65.7 Å². The van der Waals surface area contributed by atoms with E-state index in [9.17, 15) is 24.0 Å². The molecule has 2 aliphatic heterocycles. The lowest BCUT2D eigenvalue weighted by molar-refractivity contribution is -0.138. The normalized spacial score (nSPS) is 18.7.